The summed E-state index contributed by atoms with van der Waals surface area (Å²) in [4.78, 5) is 15.6. The number of hydrogen-bond donors (Lipinski definition) is 1. The zero-order valence-corrected chi connectivity index (χ0v) is 18.2. The lowest BCUT2D eigenvalue weighted by Crippen LogP contribution is -2.62. The highest BCUT2D eigenvalue weighted by Gasteiger charge is 2.61. The summed E-state index contributed by atoms with van der Waals surface area (Å²) in [6.45, 7) is 3.85. The molecular formula is C25H33FN2O3. The van der Waals surface area contributed by atoms with Crippen LogP contribution in [0.4, 0.5) is 4.39 Å². The Hall–Kier alpha value is -1.92. The molecule has 4 aliphatic rings. The van der Waals surface area contributed by atoms with Gasteiger partial charge in [0.05, 0.1) is 11.7 Å². The average molecular weight is 429 g/mol. The van der Waals surface area contributed by atoms with Gasteiger partial charge in [-0.1, -0.05) is 12.1 Å². The lowest BCUT2D eigenvalue weighted by Gasteiger charge is -2.54. The van der Waals surface area contributed by atoms with Crippen LogP contribution in [0.1, 0.15) is 50.5 Å². The number of carbonyl (C=O) groups is 1. The Labute approximate surface area is 183 Å². The molecule has 2 aliphatic heterocycles. The molecule has 0 atom stereocenters. The number of halogens is 1. The maximum atomic E-state index is 13.5. The quantitative estimate of drug-likeness (QED) is 0.750. The van der Waals surface area contributed by atoms with Crippen molar-refractivity contribution in [2.45, 2.75) is 50.4 Å². The number of ether oxygens (including phenoxy) is 2. The maximum absolute atomic E-state index is 13.5. The molecule has 1 spiro atoms. The lowest BCUT2D eigenvalue weighted by atomic mass is 9.71. The first kappa shape index (κ1) is 21.0. The molecule has 2 heterocycles. The Balaban J connectivity index is 1.22. The topological polar surface area (TPSA) is 64.8 Å². The van der Waals surface area contributed by atoms with E-state index < -0.39 is 0 Å². The van der Waals surface area contributed by atoms with Crippen LogP contribution in [0.5, 0.6) is 5.75 Å². The molecule has 1 aromatic rings. The number of amides is 1. The fourth-order valence-electron chi connectivity index (χ4n) is 6.47. The number of carbonyl (C=O) groups excluding carboxylic acids is 1. The van der Waals surface area contributed by atoms with Crippen molar-refractivity contribution in [3.8, 4) is 5.75 Å². The number of rotatable bonds is 6. The van der Waals surface area contributed by atoms with Gasteiger partial charge in [0.25, 0.3) is 0 Å². The summed E-state index contributed by atoms with van der Waals surface area (Å²) in [6, 6.07) is 8.17. The van der Waals surface area contributed by atoms with Crippen LogP contribution in [-0.4, -0.2) is 50.3 Å². The zero-order valence-electron chi connectivity index (χ0n) is 18.2. The largest absolute Gasteiger partial charge is 0.489 e. The van der Waals surface area contributed by atoms with Crippen molar-refractivity contribution in [2.75, 3.05) is 39.5 Å². The third-order valence-corrected chi connectivity index (χ3v) is 8.50. The van der Waals surface area contributed by atoms with Gasteiger partial charge in [-0.05, 0) is 68.1 Å². The van der Waals surface area contributed by atoms with Gasteiger partial charge in [0, 0.05) is 43.8 Å². The molecule has 0 radical (unpaired) electrons. The van der Waals surface area contributed by atoms with E-state index in [1.165, 1.54) is 5.56 Å². The highest BCUT2D eigenvalue weighted by atomic mass is 19.1. The summed E-state index contributed by atoms with van der Waals surface area (Å²) in [5, 5.41) is 0. The molecule has 2 bridgehead atoms. The van der Waals surface area contributed by atoms with E-state index in [0.29, 0.717) is 29.0 Å². The number of nitrogens with zero attached hydrogens (tertiary/aromatic N) is 1. The molecule has 2 saturated heterocycles. The minimum absolute atomic E-state index is 0.108. The fraction of sp³-hybridized carbons (Fsp3) is 0.640. The van der Waals surface area contributed by atoms with Gasteiger partial charge in [-0.2, -0.15) is 0 Å². The van der Waals surface area contributed by atoms with Gasteiger partial charge >= 0.3 is 0 Å². The van der Waals surface area contributed by atoms with E-state index in [1.54, 1.807) is 0 Å². The number of likely N-dealkylation sites (tertiary alicyclic amines) is 1. The molecule has 168 valence electrons. The van der Waals surface area contributed by atoms with E-state index in [9.17, 15) is 9.18 Å². The van der Waals surface area contributed by atoms with Crippen molar-refractivity contribution < 1.29 is 18.7 Å². The molecule has 1 amide bonds. The van der Waals surface area contributed by atoms with Crippen LogP contribution in [-0.2, 0) is 14.9 Å². The van der Waals surface area contributed by atoms with E-state index in [-0.39, 0.29) is 24.0 Å². The van der Waals surface area contributed by atoms with Gasteiger partial charge in [0.2, 0.25) is 5.91 Å². The average Bonchev–Trinajstić information content (AvgIpc) is 3.38. The van der Waals surface area contributed by atoms with Gasteiger partial charge in [0.1, 0.15) is 12.4 Å². The molecule has 0 unspecified atom stereocenters. The van der Waals surface area contributed by atoms with Gasteiger partial charge in [0.15, 0.2) is 0 Å². The third kappa shape index (κ3) is 3.58. The van der Waals surface area contributed by atoms with E-state index in [0.717, 1.165) is 71.2 Å². The van der Waals surface area contributed by atoms with Crippen LogP contribution in [0.15, 0.2) is 36.2 Å². The number of nitrogens with two attached hydrogens (primary N) is 1. The molecule has 2 N–H and O–H groups in total. The second kappa shape index (κ2) is 7.89. The standard InChI is InChI=1S/C25H33FN2O3/c26-13-19(14-27)15-31-21-3-1-20(2-4-21)24-5-7-25(16-24,8-6-24)22(29)28-17-23(18-28)9-11-30-12-10-23/h1-4,13H,5-12,14-18,27H2. The van der Waals surface area contributed by atoms with Crippen molar-refractivity contribution in [3.05, 3.63) is 41.7 Å². The first-order valence-corrected chi connectivity index (χ1v) is 11.6. The van der Waals surface area contributed by atoms with Crippen LogP contribution in [0.2, 0.25) is 0 Å². The Bertz CT molecular complexity index is 844. The lowest BCUT2D eigenvalue weighted by molar-refractivity contribution is -0.160. The molecule has 4 fully saturated rings. The number of hydrogen-bond acceptors (Lipinski definition) is 4. The fourth-order valence-corrected chi connectivity index (χ4v) is 6.47. The van der Waals surface area contributed by atoms with Crippen molar-refractivity contribution in [1.29, 1.82) is 0 Å². The molecule has 0 aromatic heterocycles. The number of benzene rings is 1. The SMILES string of the molecule is NCC(=CF)COc1ccc(C23CCC(C(=O)N4CC5(CCOCC5)C4)(CC2)C3)cc1. The molecule has 5 nitrogen and oxygen atoms in total. The van der Waals surface area contributed by atoms with Crippen molar-refractivity contribution in [2.24, 2.45) is 16.6 Å². The molecule has 2 aliphatic carbocycles. The second-order valence-electron chi connectivity index (χ2n) is 10.3. The van der Waals surface area contributed by atoms with E-state index in [2.05, 4.69) is 17.0 Å². The maximum Gasteiger partial charge on any atom is 0.228 e. The van der Waals surface area contributed by atoms with E-state index >= 15 is 0 Å². The third-order valence-electron chi connectivity index (χ3n) is 8.50. The summed E-state index contributed by atoms with van der Waals surface area (Å²) in [5.74, 6) is 1.12. The van der Waals surface area contributed by atoms with Crippen LogP contribution in [0, 0.1) is 10.8 Å². The van der Waals surface area contributed by atoms with Gasteiger partial charge in [-0.3, -0.25) is 4.79 Å². The van der Waals surface area contributed by atoms with Gasteiger partial charge in [-0.15, -0.1) is 0 Å². The van der Waals surface area contributed by atoms with Crippen LogP contribution in [0.25, 0.3) is 0 Å². The molecule has 5 rings (SSSR count). The van der Waals surface area contributed by atoms with Crippen LogP contribution in [0.3, 0.4) is 0 Å². The van der Waals surface area contributed by atoms with Crippen LogP contribution >= 0.6 is 0 Å². The Morgan fingerprint density at radius 2 is 1.77 bits per heavy atom. The smallest absolute Gasteiger partial charge is 0.228 e. The molecule has 1 aromatic carbocycles. The summed E-state index contributed by atoms with van der Waals surface area (Å²) in [5.41, 5.74) is 7.50. The van der Waals surface area contributed by atoms with Crippen molar-refractivity contribution in [1.82, 2.24) is 4.90 Å². The Kier molecular flexibility index (Phi) is 5.33. The highest BCUT2D eigenvalue weighted by Crippen LogP contribution is 2.63. The number of fused-ring (bicyclic) bond motifs is 2. The van der Waals surface area contributed by atoms with Crippen molar-refractivity contribution >= 4 is 5.91 Å². The van der Waals surface area contributed by atoms with E-state index in [4.69, 9.17) is 15.2 Å². The second-order valence-corrected chi connectivity index (χ2v) is 10.3. The van der Waals surface area contributed by atoms with Crippen LogP contribution < -0.4 is 10.5 Å². The van der Waals surface area contributed by atoms with E-state index in [1.807, 2.05) is 12.1 Å². The summed E-state index contributed by atoms with van der Waals surface area (Å²) < 4.78 is 23.8. The predicted octanol–water partition coefficient (Wildman–Crippen LogP) is 3.72. The summed E-state index contributed by atoms with van der Waals surface area (Å²) in [6.07, 6.45) is 7.82. The summed E-state index contributed by atoms with van der Waals surface area (Å²) in [7, 11) is 0. The first-order valence-electron chi connectivity index (χ1n) is 11.6. The minimum Gasteiger partial charge on any atom is -0.489 e. The van der Waals surface area contributed by atoms with Crippen molar-refractivity contribution in [3.63, 3.8) is 0 Å². The predicted molar refractivity (Wildman–Crippen MR) is 116 cm³/mol. The monoisotopic (exact) mass is 428 g/mol. The molecular weight excluding hydrogens is 395 g/mol. The van der Waals surface area contributed by atoms with Gasteiger partial charge < -0.3 is 20.1 Å². The molecule has 2 saturated carbocycles. The molecule has 31 heavy (non-hydrogen) atoms. The first-order chi connectivity index (χ1) is 15.0. The molecule has 6 heteroatoms. The minimum atomic E-state index is -0.163. The normalized spacial score (nSPS) is 31.7. The van der Waals surface area contributed by atoms with Gasteiger partial charge in [-0.25, -0.2) is 4.39 Å². The summed E-state index contributed by atoms with van der Waals surface area (Å²) >= 11 is 0. The Morgan fingerprint density at radius 3 is 2.39 bits per heavy atom. The zero-order chi connectivity index (χ0) is 21.5. The highest BCUT2D eigenvalue weighted by molar-refractivity contribution is 5.85. The Morgan fingerprint density at radius 1 is 1.10 bits per heavy atom.